The Labute approximate surface area is 185 Å². The van der Waals surface area contributed by atoms with E-state index in [9.17, 15) is 8.42 Å². The lowest BCUT2D eigenvalue weighted by Gasteiger charge is -2.32. The van der Waals surface area contributed by atoms with Crippen molar-refractivity contribution in [1.82, 2.24) is 4.90 Å². The molecule has 0 amide bonds. The van der Waals surface area contributed by atoms with Gasteiger partial charge in [0.1, 0.15) is 28.6 Å². The molecule has 6 nitrogen and oxygen atoms in total. The lowest BCUT2D eigenvalue weighted by atomic mass is 10.1. The summed E-state index contributed by atoms with van der Waals surface area (Å²) >= 11 is 0. The molecule has 1 saturated heterocycles. The van der Waals surface area contributed by atoms with Gasteiger partial charge in [0, 0.05) is 6.54 Å². The van der Waals surface area contributed by atoms with Gasteiger partial charge in [0.2, 0.25) is 0 Å². The van der Waals surface area contributed by atoms with Crippen molar-refractivity contribution >= 4 is 9.84 Å². The number of benzene rings is 2. The first-order chi connectivity index (χ1) is 15.0. The second-order valence-electron chi connectivity index (χ2n) is 8.25. The Hall–Kier alpha value is -2.25. The van der Waals surface area contributed by atoms with Gasteiger partial charge < -0.3 is 19.1 Å². The third-order valence-electron chi connectivity index (χ3n) is 6.16. The molecule has 2 aromatic carbocycles. The van der Waals surface area contributed by atoms with E-state index in [-0.39, 0.29) is 4.90 Å². The second kappa shape index (κ2) is 9.49. The predicted molar refractivity (Wildman–Crippen MR) is 120 cm³/mol. The first kappa shape index (κ1) is 22.0. The van der Waals surface area contributed by atoms with Crippen LogP contribution >= 0.6 is 0 Å². The van der Waals surface area contributed by atoms with Crippen LogP contribution in [0.1, 0.15) is 44.3 Å². The van der Waals surface area contributed by atoms with Crippen molar-refractivity contribution in [1.29, 1.82) is 0 Å². The highest BCUT2D eigenvalue weighted by molar-refractivity contribution is 7.92. The van der Waals surface area contributed by atoms with E-state index in [1.807, 2.05) is 24.3 Å². The summed E-state index contributed by atoms with van der Waals surface area (Å²) < 4.78 is 43.6. The third-order valence-corrected chi connectivity index (χ3v) is 8.36. The molecule has 2 aliphatic heterocycles. The fourth-order valence-corrected chi connectivity index (χ4v) is 6.10. The number of rotatable bonds is 7. The molecule has 0 aliphatic carbocycles. The van der Waals surface area contributed by atoms with E-state index in [2.05, 4.69) is 4.90 Å². The Kier molecular flexibility index (Phi) is 6.72. The molecule has 31 heavy (non-hydrogen) atoms. The molecule has 7 heteroatoms. The molecule has 2 atom stereocenters. The maximum absolute atomic E-state index is 13.2. The van der Waals surface area contributed by atoms with Gasteiger partial charge in [-0.1, -0.05) is 24.6 Å². The number of likely N-dealkylation sites (tertiary alicyclic amines) is 1. The van der Waals surface area contributed by atoms with Crippen LogP contribution in [0.3, 0.4) is 0 Å². The number of nitrogens with zero attached hydrogens (tertiary/aromatic N) is 1. The van der Waals surface area contributed by atoms with E-state index in [4.69, 9.17) is 14.2 Å². The molecule has 0 radical (unpaired) electrons. The van der Waals surface area contributed by atoms with Crippen LogP contribution in [0, 0.1) is 0 Å². The van der Waals surface area contributed by atoms with Crippen molar-refractivity contribution in [3.05, 3.63) is 48.0 Å². The Bertz CT molecular complexity index is 984. The summed E-state index contributed by atoms with van der Waals surface area (Å²) in [5.41, 5.74) is 0.810. The summed E-state index contributed by atoms with van der Waals surface area (Å²) in [6, 6.07) is 12.6. The number of ether oxygens (including phenoxy) is 3. The molecule has 0 spiro atoms. The molecule has 168 valence electrons. The Morgan fingerprint density at radius 2 is 1.81 bits per heavy atom. The lowest BCUT2D eigenvalue weighted by Crippen LogP contribution is -2.34. The topological polar surface area (TPSA) is 65.1 Å². The first-order valence-electron chi connectivity index (χ1n) is 11.0. The minimum atomic E-state index is -3.59. The molecule has 0 N–H and O–H groups in total. The fourth-order valence-electron chi connectivity index (χ4n) is 4.36. The van der Waals surface area contributed by atoms with Crippen LogP contribution in [0.15, 0.2) is 47.4 Å². The highest BCUT2D eigenvalue weighted by atomic mass is 32.2. The minimum absolute atomic E-state index is 0.134. The summed E-state index contributed by atoms with van der Waals surface area (Å²) in [7, 11) is -2.12. The zero-order valence-corrected chi connectivity index (χ0v) is 19.1. The molecule has 2 aliphatic rings. The summed E-state index contributed by atoms with van der Waals surface area (Å²) in [6.07, 6.45) is 4.37. The van der Waals surface area contributed by atoms with E-state index >= 15 is 0 Å². The van der Waals surface area contributed by atoms with E-state index < -0.39 is 21.2 Å². The summed E-state index contributed by atoms with van der Waals surface area (Å²) in [5.74, 6) is 1.44. The Morgan fingerprint density at radius 1 is 1.06 bits per heavy atom. The van der Waals surface area contributed by atoms with Crippen molar-refractivity contribution in [2.24, 2.45) is 0 Å². The zero-order chi connectivity index (χ0) is 21.8. The molecule has 0 unspecified atom stereocenters. The van der Waals surface area contributed by atoms with Crippen molar-refractivity contribution in [3.8, 4) is 17.2 Å². The standard InChI is InChI=1S/C24H31NO5S/c1-18-23(30-22-9-6-8-21(28-2)24(22)31(18,26)27)19-10-12-20(13-11-19)29-17-7-16-25-14-4-3-5-15-25/h6,8-13,18,23H,3-5,7,14-17H2,1-2H3/t18-,23-/m1/s1. The molecule has 1 fully saturated rings. The van der Waals surface area contributed by atoms with E-state index in [1.54, 1.807) is 25.1 Å². The van der Waals surface area contributed by atoms with Gasteiger partial charge in [0.05, 0.1) is 13.7 Å². The molecular formula is C24H31NO5S. The maximum atomic E-state index is 13.2. The highest BCUT2D eigenvalue weighted by Gasteiger charge is 2.42. The molecule has 0 aromatic heterocycles. The Morgan fingerprint density at radius 3 is 2.52 bits per heavy atom. The number of sulfone groups is 1. The van der Waals surface area contributed by atoms with E-state index in [1.165, 1.54) is 39.5 Å². The highest BCUT2D eigenvalue weighted by Crippen LogP contribution is 2.45. The molecular weight excluding hydrogens is 414 g/mol. The SMILES string of the molecule is COc1cccc2c1S(=O)(=O)[C@H](C)[C@H](c1ccc(OCCCN3CCCCC3)cc1)O2. The number of hydrogen-bond donors (Lipinski definition) is 0. The van der Waals surface area contributed by atoms with Crippen LogP contribution in [0.4, 0.5) is 0 Å². The molecule has 2 heterocycles. The average molecular weight is 446 g/mol. The van der Waals surface area contributed by atoms with Gasteiger partial charge in [0.25, 0.3) is 0 Å². The normalized spacial score (nSPS) is 22.9. The van der Waals surface area contributed by atoms with Gasteiger partial charge in [0.15, 0.2) is 14.7 Å². The predicted octanol–water partition coefficient (Wildman–Crippen LogP) is 4.25. The summed E-state index contributed by atoms with van der Waals surface area (Å²) in [4.78, 5) is 2.64. The molecule has 4 rings (SSSR count). The van der Waals surface area contributed by atoms with Crippen molar-refractivity contribution < 1.29 is 22.6 Å². The van der Waals surface area contributed by atoms with Crippen LogP contribution in [-0.4, -0.2) is 51.9 Å². The van der Waals surface area contributed by atoms with Gasteiger partial charge >= 0.3 is 0 Å². The summed E-state index contributed by atoms with van der Waals surface area (Å²) in [6.45, 7) is 5.83. The van der Waals surface area contributed by atoms with Gasteiger partial charge in [-0.15, -0.1) is 0 Å². The molecule has 2 aromatic rings. The average Bonchev–Trinajstić information content (AvgIpc) is 2.80. The van der Waals surface area contributed by atoms with Crippen LogP contribution in [0.25, 0.3) is 0 Å². The van der Waals surface area contributed by atoms with Gasteiger partial charge in [-0.2, -0.15) is 0 Å². The lowest BCUT2D eigenvalue weighted by molar-refractivity contribution is 0.186. The van der Waals surface area contributed by atoms with Crippen molar-refractivity contribution in [3.63, 3.8) is 0 Å². The van der Waals surface area contributed by atoms with E-state index in [0.717, 1.165) is 24.3 Å². The molecule has 0 bridgehead atoms. The summed E-state index contributed by atoms with van der Waals surface area (Å²) in [5, 5.41) is -0.729. The number of hydrogen-bond acceptors (Lipinski definition) is 6. The first-order valence-corrected chi connectivity index (χ1v) is 12.6. The van der Waals surface area contributed by atoms with Gasteiger partial charge in [-0.3, -0.25) is 0 Å². The monoisotopic (exact) mass is 445 g/mol. The van der Waals surface area contributed by atoms with E-state index in [0.29, 0.717) is 18.1 Å². The van der Waals surface area contributed by atoms with Crippen LogP contribution in [0.2, 0.25) is 0 Å². The van der Waals surface area contributed by atoms with Crippen LogP contribution < -0.4 is 14.2 Å². The maximum Gasteiger partial charge on any atom is 0.192 e. The van der Waals surface area contributed by atoms with Crippen LogP contribution in [0.5, 0.6) is 17.2 Å². The smallest absolute Gasteiger partial charge is 0.192 e. The largest absolute Gasteiger partial charge is 0.495 e. The Balaban J connectivity index is 1.40. The number of piperidine rings is 1. The minimum Gasteiger partial charge on any atom is -0.495 e. The van der Waals surface area contributed by atoms with Crippen LogP contribution in [-0.2, 0) is 9.84 Å². The van der Waals surface area contributed by atoms with Crippen molar-refractivity contribution in [2.45, 2.75) is 48.9 Å². The number of methoxy groups -OCH3 is 1. The zero-order valence-electron chi connectivity index (χ0n) is 18.2. The third kappa shape index (κ3) is 4.67. The molecule has 0 saturated carbocycles. The van der Waals surface area contributed by atoms with Gasteiger partial charge in [-0.05, 0) is 69.1 Å². The fraction of sp³-hybridized carbons (Fsp3) is 0.500. The van der Waals surface area contributed by atoms with Crippen molar-refractivity contribution in [2.75, 3.05) is 33.4 Å². The second-order valence-corrected chi connectivity index (χ2v) is 10.5. The quantitative estimate of drug-likeness (QED) is 0.594. The van der Waals surface area contributed by atoms with Gasteiger partial charge in [-0.25, -0.2) is 8.42 Å². The number of fused-ring (bicyclic) bond motifs is 1.